The lowest BCUT2D eigenvalue weighted by Gasteiger charge is -2.26. The van der Waals surface area contributed by atoms with E-state index in [0.29, 0.717) is 19.6 Å². The molecule has 0 aliphatic rings. The van der Waals surface area contributed by atoms with Gasteiger partial charge in [0.25, 0.3) is 0 Å². The van der Waals surface area contributed by atoms with Crippen molar-refractivity contribution >= 4 is 0 Å². The van der Waals surface area contributed by atoms with Crippen LogP contribution in [0.25, 0.3) is 0 Å². The van der Waals surface area contributed by atoms with Gasteiger partial charge in [0.1, 0.15) is 0 Å². The monoisotopic (exact) mass is 224 g/mol. The molecule has 0 amide bonds. The van der Waals surface area contributed by atoms with Crippen molar-refractivity contribution in [2.75, 3.05) is 20.8 Å². The predicted molar refractivity (Wildman–Crippen MR) is 63.1 cm³/mol. The summed E-state index contributed by atoms with van der Waals surface area (Å²) in [7, 11) is 3.28. The van der Waals surface area contributed by atoms with Crippen LogP contribution in [0.3, 0.4) is 0 Å². The molecule has 0 saturated carbocycles. The Morgan fingerprint density at radius 2 is 1.69 bits per heavy atom. The summed E-state index contributed by atoms with van der Waals surface area (Å²) >= 11 is 0. The van der Waals surface area contributed by atoms with E-state index in [-0.39, 0.29) is 0 Å². The van der Waals surface area contributed by atoms with E-state index in [0.717, 1.165) is 0 Å². The molecule has 0 fully saturated rings. The standard InChI is InChI=1S/C13H20O3/c1-13(14-2,15-3)9-10-16-11-12-7-5-4-6-8-12/h4-8H,9-11H2,1-3H3. The minimum absolute atomic E-state index is 0.545. The highest BCUT2D eigenvalue weighted by Crippen LogP contribution is 2.15. The molecule has 1 aromatic carbocycles. The van der Waals surface area contributed by atoms with Gasteiger partial charge in [-0.05, 0) is 12.5 Å². The van der Waals surface area contributed by atoms with E-state index in [2.05, 4.69) is 0 Å². The van der Waals surface area contributed by atoms with Crippen LogP contribution in [0.2, 0.25) is 0 Å². The van der Waals surface area contributed by atoms with E-state index >= 15 is 0 Å². The van der Waals surface area contributed by atoms with E-state index in [4.69, 9.17) is 14.2 Å². The third kappa shape index (κ3) is 4.31. The van der Waals surface area contributed by atoms with Gasteiger partial charge in [0.05, 0.1) is 13.2 Å². The van der Waals surface area contributed by atoms with Crippen LogP contribution in [0.4, 0.5) is 0 Å². The number of benzene rings is 1. The molecule has 0 heterocycles. The quantitative estimate of drug-likeness (QED) is 0.526. The van der Waals surface area contributed by atoms with Crippen molar-refractivity contribution in [3.63, 3.8) is 0 Å². The van der Waals surface area contributed by atoms with Crippen molar-refractivity contribution in [1.82, 2.24) is 0 Å². The SMILES string of the molecule is COC(C)(CCOCc1ccccc1)OC. The van der Waals surface area contributed by atoms with Gasteiger partial charge in [-0.2, -0.15) is 0 Å². The van der Waals surface area contributed by atoms with Crippen molar-refractivity contribution in [2.24, 2.45) is 0 Å². The molecule has 0 bridgehead atoms. The van der Waals surface area contributed by atoms with Crippen LogP contribution in [-0.4, -0.2) is 26.6 Å². The van der Waals surface area contributed by atoms with Crippen molar-refractivity contribution in [3.05, 3.63) is 35.9 Å². The maximum Gasteiger partial charge on any atom is 0.166 e. The van der Waals surface area contributed by atoms with Gasteiger partial charge in [-0.3, -0.25) is 0 Å². The summed E-state index contributed by atoms with van der Waals surface area (Å²) in [5.74, 6) is -0.545. The van der Waals surface area contributed by atoms with Gasteiger partial charge in [-0.25, -0.2) is 0 Å². The largest absolute Gasteiger partial charge is 0.377 e. The van der Waals surface area contributed by atoms with Crippen molar-refractivity contribution in [2.45, 2.75) is 25.7 Å². The normalized spacial score (nSPS) is 11.7. The molecule has 0 aromatic heterocycles. The zero-order chi connectivity index (χ0) is 11.9. The summed E-state index contributed by atoms with van der Waals surface area (Å²) < 4.78 is 16.0. The summed E-state index contributed by atoms with van der Waals surface area (Å²) in [5.41, 5.74) is 1.18. The van der Waals surface area contributed by atoms with Crippen LogP contribution in [-0.2, 0) is 20.8 Å². The smallest absolute Gasteiger partial charge is 0.166 e. The second-order valence-corrected chi connectivity index (χ2v) is 3.83. The first kappa shape index (κ1) is 13.2. The highest BCUT2D eigenvalue weighted by molar-refractivity contribution is 5.13. The van der Waals surface area contributed by atoms with E-state index < -0.39 is 5.79 Å². The van der Waals surface area contributed by atoms with Gasteiger partial charge in [0.15, 0.2) is 5.79 Å². The number of ether oxygens (including phenoxy) is 3. The van der Waals surface area contributed by atoms with Crippen LogP contribution in [0.5, 0.6) is 0 Å². The van der Waals surface area contributed by atoms with Gasteiger partial charge >= 0.3 is 0 Å². The van der Waals surface area contributed by atoms with E-state index in [9.17, 15) is 0 Å². The maximum absolute atomic E-state index is 5.56. The predicted octanol–water partition coefficient (Wildman–Crippen LogP) is 2.60. The second kappa shape index (κ2) is 6.63. The van der Waals surface area contributed by atoms with Crippen molar-refractivity contribution < 1.29 is 14.2 Å². The number of methoxy groups -OCH3 is 2. The van der Waals surface area contributed by atoms with E-state index in [1.165, 1.54) is 5.56 Å². The lowest BCUT2D eigenvalue weighted by atomic mass is 10.2. The molecule has 3 nitrogen and oxygen atoms in total. The van der Waals surface area contributed by atoms with Gasteiger partial charge in [-0.15, -0.1) is 0 Å². The van der Waals surface area contributed by atoms with E-state index in [1.807, 2.05) is 37.3 Å². The average molecular weight is 224 g/mol. The molecule has 0 saturated heterocycles. The molecule has 0 aliphatic heterocycles. The van der Waals surface area contributed by atoms with Crippen molar-refractivity contribution in [1.29, 1.82) is 0 Å². The van der Waals surface area contributed by atoms with Gasteiger partial charge in [0.2, 0.25) is 0 Å². The third-order valence-corrected chi connectivity index (χ3v) is 2.68. The van der Waals surface area contributed by atoms with Crippen molar-refractivity contribution in [3.8, 4) is 0 Å². The summed E-state index contributed by atoms with van der Waals surface area (Å²) in [4.78, 5) is 0. The fraction of sp³-hybridized carbons (Fsp3) is 0.538. The minimum Gasteiger partial charge on any atom is -0.377 e. The molecule has 0 spiro atoms. The molecular weight excluding hydrogens is 204 g/mol. The van der Waals surface area contributed by atoms with Gasteiger partial charge in [-0.1, -0.05) is 30.3 Å². The summed E-state index contributed by atoms with van der Waals surface area (Å²) in [6, 6.07) is 10.1. The summed E-state index contributed by atoms with van der Waals surface area (Å²) in [6.07, 6.45) is 0.715. The topological polar surface area (TPSA) is 27.7 Å². The Bertz CT molecular complexity index is 280. The highest BCUT2D eigenvalue weighted by atomic mass is 16.7. The molecule has 0 aliphatic carbocycles. The Labute approximate surface area is 97.3 Å². The molecule has 0 atom stereocenters. The molecule has 0 N–H and O–H groups in total. The lowest BCUT2D eigenvalue weighted by molar-refractivity contribution is -0.203. The lowest BCUT2D eigenvalue weighted by Crippen LogP contribution is -2.31. The molecule has 0 radical (unpaired) electrons. The first-order valence-corrected chi connectivity index (χ1v) is 5.42. The molecule has 90 valence electrons. The highest BCUT2D eigenvalue weighted by Gasteiger charge is 2.21. The summed E-state index contributed by atoms with van der Waals surface area (Å²) in [6.45, 7) is 3.15. The van der Waals surface area contributed by atoms with Gasteiger partial charge in [0, 0.05) is 20.6 Å². The molecule has 16 heavy (non-hydrogen) atoms. The van der Waals surface area contributed by atoms with Crippen LogP contribution < -0.4 is 0 Å². The Hall–Kier alpha value is -0.900. The fourth-order valence-electron chi connectivity index (χ4n) is 1.31. The van der Waals surface area contributed by atoms with E-state index in [1.54, 1.807) is 14.2 Å². The molecule has 3 heteroatoms. The Morgan fingerprint density at radius 3 is 2.25 bits per heavy atom. The number of rotatable bonds is 7. The molecule has 0 unspecified atom stereocenters. The number of hydrogen-bond acceptors (Lipinski definition) is 3. The average Bonchev–Trinajstić information content (AvgIpc) is 2.36. The Morgan fingerprint density at radius 1 is 1.06 bits per heavy atom. The zero-order valence-electron chi connectivity index (χ0n) is 10.2. The van der Waals surface area contributed by atoms with Gasteiger partial charge < -0.3 is 14.2 Å². The zero-order valence-corrected chi connectivity index (χ0v) is 10.2. The van der Waals surface area contributed by atoms with Crippen LogP contribution >= 0.6 is 0 Å². The molecular formula is C13H20O3. The maximum atomic E-state index is 5.56. The van der Waals surface area contributed by atoms with Crippen LogP contribution in [0.1, 0.15) is 18.9 Å². The Balaban J connectivity index is 2.22. The first-order valence-electron chi connectivity index (χ1n) is 5.42. The second-order valence-electron chi connectivity index (χ2n) is 3.83. The first-order chi connectivity index (χ1) is 7.70. The summed E-state index contributed by atoms with van der Waals surface area (Å²) in [5, 5.41) is 0. The molecule has 1 aromatic rings. The fourth-order valence-corrected chi connectivity index (χ4v) is 1.31. The minimum atomic E-state index is -0.545. The van der Waals surface area contributed by atoms with Crippen LogP contribution in [0, 0.1) is 0 Å². The Kier molecular flexibility index (Phi) is 5.46. The third-order valence-electron chi connectivity index (χ3n) is 2.68. The number of hydrogen-bond donors (Lipinski definition) is 0. The van der Waals surface area contributed by atoms with Crippen LogP contribution in [0.15, 0.2) is 30.3 Å². The molecule has 1 rings (SSSR count).